The molecule has 0 bridgehead atoms. The summed E-state index contributed by atoms with van der Waals surface area (Å²) >= 11 is 5.88. The van der Waals surface area contributed by atoms with E-state index in [4.69, 9.17) is 16.3 Å². The van der Waals surface area contributed by atoms with E-state index in [1.165, 1.54) is 0 Å². The van der Waals surface area contributed by atoms with Gasteiger partial charge < -0.3 is 10.1 Å². The van der Waals surface area contributed by atoms with E-state index in [2.05, 4.69) is 30.5 Å². The molecule has 0 radical (unpaired) electrons. The Morgan fingerprint density at radius 3 is 2.67 bits per heavy atom. The minimum atomic E-state index is 0.140. The van der Waals surface area contributed by atoms with Crippen LogP contribution < -0.4 is 10.1 Å². The Balaban J connectivity index is 2.00. The Morgan fingerprint density at radius 2 is 2.05 bits per heavy atom. The third-order valence-corrected chi connectivity index (χ3v) is 3.50. The average molecular weight is 308 g/mol. The van der Waals surface area contributed by atoms with E-state index in [1.807, 2.05) is 35.1 Å². The predicted molar refractivity (Wildman–Crippen MR) is 85.9 cm³/mol. The zero-order valence-corrected chi connectivity index (χ0v) is 13.3. The van der Waals surface area contributed by atoms with Crippen LogP contribution in [0.2, 0.25) is 5.02 Å². The van der Waals surface area contributed by atoms with Gasteiger partial charge in [-0.2, -0.15) is 5.10 Å². The number of aryl methyl sites for hydroxylation is 1. The van der Waals surface area contributed by atoms with Gasteiger partial charge in [0, 0.05) is 23.3 Å². The first-order valence-corrected chi connectivity index (χ1v) is 7.74. The largest absolute Gasteiger partial charge is 0.492 e. The van der Waals surface area contributed by atoms with Crippen molar-refractivity contribution in [1.29, 1.82) is 0 Å². The topological polar surface area (TPSA) is 39.1 Å². The van der Waals surface area contributed by atoms with Gasteiger partial charge in [0.1, 0.15) is 12.4 Å². The zero-order chi connectivity index (χ0) is 15.1. The highest BCUT2D eigenvalue weighted by atomic mass is 35.5. The Morgan fingerprint density at radius 1 is 1.29 bits per heavy atom. The summed E-state index contributed by atoms with van der Waals surface area (Å²) in [5.74, 6) is 0.825. The number of nitrogens with zero attached hydrogens (tertiary/aromatic N) is 2. The molecule has 1 aromatic heterocycles. The Hall–Kier alpha value is -1.52. The Kier molecular flexibility index (Phi) is 6.08. The zero-order valence-electron chi connectivity index (χ0n) is 12.6. The smallest absolute Gasteiger partial charge is 0.119 e. The summed E-state index contributed by atoms with van der Waals surface area (Å²) in [4.78, 5) is 0. The second-order valence-electron chi connectivity index (χ2n) is 4.90. The molecular weight excluding hydrogens is 286 g/mol. The minimum Gasteiger partial charge on any atom is -0.492 e. The van der Waals surface area contributed by atoms with Crippen LogP contribution in [0.3, 0.4) is 0 Å². The molecule has 0 aliphatic carbocycles. The molecule has 0 aliphatic rings. The molecule has 2 rings (SSSR count). The lowest BCUT2D eigenvalue weighted by molar-refractivity contribution is 0.266. The highest BCUT2D eigenvalue weighted by Gasteiger charge is 2.13. The summed E-state index contributed by atoms with van der Waals surface area (Å²) in [5.41, 5.74) is 1.15. The number of ether oxygens (including phenoxy) is 1. The van der Waals surface area contributed by atoms with Crippen molar-refractivity contribution in [2.75, 3.05) is 13.2 Å². The summed E-state index contributed by atoms with van der Waals surface area (Å²) < 4.78 is 7.79. The summed E-state index contributed by atoms with van der Waals surface area (Å²) in [6.07, 6.45) is 5.06. The molecule has 21 heavy (non-hydrogen) atoms. The lowest BCUT2D eigenvalue weighted by Crippen LogP contribution is -2.27. The number of halogens is 1. The summed E-state index contributed by atoms with van der Waals surface area (Å²) in [7, 11) is 0. The van der Waals surface area contributed by atoms with Crippen LogP contribution in [-0.2, 0) is 6.54 Å². The molecule has 0 saturated carbocycles. The highest BCUT2D eigenvalue weighted by Crippen LogP contribution is 2.18. The molecule has 0 fully saturated rings. The molecule has 0 spiro atoms. The van der Waals surface area contributed by atoms with Gasteiger partial charge in [0.15, 0.2) is 0 Å². The van der Waals surface area contributed by atoms with Crippen molar-refractivity contribution in [3.63, 3.8) is 0 Å². The van der Waals surface area contributed by atoms with Gasteiger partial charge in [0.05, 0.1) is 12.2 Å². The fourth-order valence-corrected chi connectivity index (χ4v) is 2.16. The number of hydrogen-bond acceptors (Lipinski definition) is 3. The third kappa shape index (κ3) is 4.76. The van der Waals surface area contributed by atoms with Crippen LogP contribution in [0.25, 0.3) is 0 Å². The van der Waals surface area contributed by atoms with E-state index in [0.717, 1.165) is 30.8 Å². The van der Waals surface area contributed by atoms with Crippen LogP contribution in [0, 0.1) is 0 Å². The van der Waals surface area contributed by atoms with E-state index in [9.17, 15) is 0 Å². The molecule has 4 nitrogen and oxygen atoms in total. The molecular formula is C16H22ClN3O. The van der Waals surface area contributed by atoms with Gasteiger partial charge in [-0.3, -0.25) is 4.68 Å². The number of hydrogen-bond donors (Lipinski definition) is 1. The van der Waals surface area contributed by atoms with E-state index < -0.39 is 0 Å². The fraction of sp³-hybridized carbons (Fsp3) is 0.438. The maximum Gasteiger partial charge on any atom is 0.119 e. The normalized spacial score (nSPS) is 12.3. The van der Waals surface area contributed by atoms with Crippen molar-refractivity contribution >= 4 is 11.6 Å². The van der Waals surface area contributed by atoms with E-state index in [-0.39, 0.29) is 6.04 Å². The Bertz CT molecular complexity index is 539. The van der Waals surface area contributed by atoms with Crippen molar-refractivity contribution in [2.45, 2.75) is 32.9 Å². The molecule has 0 saturated heterocycles. The van der Waals surface area contributed by atoms with Crippen LogP contribution in [0.4, 0.5) is 0 Å². The Labute approximate surface area is 131 Å². The van der Waals surface area contributed by atoms with Crippen LogP contribution in [0.1, 0.15) is 31.9 Å². The summed E-state index contributed by atoms with van der Waals surface area (Å²) in [6, 6.07) is 7.57. The minimum absolute atomic E-state index is 0.140. The first-order chi connectivity index (χ1) is 10.2. The standard InChI is InChI=1S/C16H22ClN3O/c1-3-9-18-16(13-10-19-20(4-2)11-13)12-21-15-7-5-14(17)6-8-15/h5-8,10-11,16,18H,3-4,9,12H2,1-2H3. The van der Waals surface area contributed by atoms with Gasteiger partial charge in [-0.1, -0.05) is 18.5 Å². The van der Waals surface area contributed by atoms with Gasteiger partial charge in [0.25, 0.3) is 0 Å². The highest BCUT2D eigenvalue weighted by molar-refractivity contribution is 6.30. The molecule has 1 unspecified atom stereocenters. The maximum atomic E-state index is 5.88. The van der Waals surface area contributed by atoms with Crippen molar-refractivity contribution in [3.05, 3.63) is 47.2 Å². The number of rotatable bonds is 8. The van der Waals surface area contributed by atoms with Gasteiger partial charge >= 0.3 is 0 Å². The molecule has 1 heterocycles. The first kappa shape index (κ1) is 15.9. The van der Waals surface area contributed by atoms with E-state index in [0.29, 0.717) is 11.6 Å². The third-order valence-electron chi connectivity index (χ3n) is 3.25. The molecule has 1 atom stereocenters. The molecule has 5 heteroatoms. The van der Waals surface area contributed by atoms with Crippen LogP contribution >= 0.6 is 11.6 Å². The fourth-order valence-electron chi connectivity index (χ4n) is 2.03. The monoisotopic (exact) mass is 307 g/mol. The molecule has 1 aromatic carbocycles. The van der Waals surface area contributed by atoms with Crippen molar-refractivity contribution < 1.29 is 4.74 Å². The second kappa shape index (κ2) is 8.05. The van der Waals surface area contributed by atoms with Crippen LogP contribution in [-0.4, -0.2) is 22.9 Å². The quantitative estimate of drug-likeness (QED) is 0.808. The molecule has 1 N–H and O–H groups in total. The lowest BCUT2D eigenvalue weighted by Gasteiger charge is -2.18. The van der Waals surface area contributed by atoms with Crippen LogP contribution in [0.5, 0.6) is 5.75 Å². The molecule has 2 aromatic rings. The number of nitrogens with one attached hydrogen (secondary N) is 1. The maximum absolute atomic E-state index is 5.88. The van der Waals surface area contributed by atoms with E-state index in [1.54, 1.807) is 0 Å². The van der Waals surface area contributed by atoms with Crippen molar-refractivity contribution in [3.8, 4) is 5.75 Å². The summed E-state index contributed by atoms with van der Waals surface area (Å²) in [5, 5.41) is 8.55. The van der Waals surface area contributed by atoms with E-state index >= 15 is 0 Å². The van der Waals surface area contributed by atoms with Crippen molar-refractivity contribution in [2.24, 2.45) is 0 Å². The number of benzene rings is 1. The molecule has 0 amide bonds. The SMILES string of the molecule is CCCNC(COc1ccc(Cl)cc1)c1cnn(CC)c1. The number of aromatic nitrogens is 2. The second-order valence-corrected chi connectivity index (χ2v) is 5.34. The van der Waals surface area contributed by atoms with Crippen molar-refractivity contribution in [1.82, 2.24) is 15.1 Å². The first-order valence-electron chi connectivity index (χ1n) is 7.37. The molecule has 0 aliphatic heterocycles. The van der Waals surface area contributed by atoms with Crippen LogP contribution in [0.15, 0.2) is 36.7 Å². The van der Waals surface area contributed by atoms with Gasteiger partial charge in [0.2, 0.25) is 0 Å². The van der Waals surface area contributed by atoms with Gasteiger partial charge in [-0.25, -0.2) is 0 Å². The van der Waals surface area contributed by atoms with Gasteiger partial charge in [-0.15, -0.1) is 0 Å². The molecule has 114 valence electrons. The average Bonchev–Trinajstić information content (AvgIpc) is 2.98. The lowest BCUT2D eigenvalue weighted by atomic mass is 10.1. The van der Waals surface area contributed by atoms with Gasteiger partial charge in [-0.05, 0) is 44.2 Å². The predicted octanol–water partition coefficient (Wildman–Crippen LogP) is 3.68. The summed E-state index contributed by atoms with van der Waals surface area (Å²) in [6.45, 7) is 6.62.